The fraction of sp³-hybridized carbons (Fsp3) is 0.471. The van der Waals surface area contributed by atoms with Crippen LogP contribution in [0.25, 0.3) is 0 Å². The topological polar surface area (TPSA) is 74.5 Å². The molecule has 7 heteroatoms. The van der Waals surface area contributed by atoms with E-state index in [0.29, 0.717) is 34.1 Å². The lowest BCUT2D eigenvalue weighted by molar-refractivity contribution is 0.102. The quantitative estimate of drug-likeness (QED) is 0.602. The molecule has 0 spiro atoms. The number of nitrogens with zero attached hydrogens (tertiary/aromatic N) is 2. The Morgan fingerprint density at radius 3 is 2.83 bits per heavy atom. The van der Waals surface area contributed by atoms with E-state index in [9.17, 15) is 4.79 Å². The molecule has 1 fully saturated rings. The molecule has 6 nitrogen and oxygen atoms in total. The number of ketones is 1. The first-order valence-electron chi connectivity index (χ1n) is 8.18. The highest BCUT2D eigenvalue weighted by Gasteiger charge is 2.22. The van der Waals surface area contributed by atoms with E-state index < -0.39 is 0 Å². The Morgan fingerprint density at radius 1 is 1.12 bits per heavy atom. The first kappa shape index (κ1) is 15.5. The summed E-state index contributed by atoms with van der Waals surface area (Å²) in [6.07, 6.45) is 5.96. The number of fused-ring (bicyclic) bond motifs is 1. The van der Waals surface area contributed by atoms with Crippen LogP contribution < -0.4 is 9.47 Å². The molecule has 1 saturated carbocycles. The summed E-state index contributed by atoms with van der Waals surface area (Å²) in [7, 11) is 0. The molecule has 4 rings (SSSR count). The zero-order valence-corrected chi connectivity index (χ0v) is 14.0. The molecule has 0 bridgehead atoms. The van der Waals surface area contributed by atoms with Crippen molar-refractivity contribution in [3.63, 3.8) is 0 Å². The van der Waals surface area contributed by atoms with Gasteiger partial charge >= 0.3 is 0 Å². The molecule has 2 heterocycles. The van der Waals surface area contributed by atoms with Crippen LogP contribution in [0.4, 0.5) is 0 Å². The van der Waals surface area contributed by atoms with E-state index in [4.69, 9.17) is 13.9 Å². The zero-order valence-electron chi connectivity index (χ0n) is 13.2. The summed E-state index contributed by atoms with van der Waals surface area (Å²) >= 11 is 1.28. The van der Waals surface area contributed by atoms with Gasteiger partial charge in [0, 0.05) is 11.5 Å². The fourth-order valence-corrected chi connectivity index (χ4v) is 3.74. The summed E-state index contributed by atoms with van der Waals surface area (Å²) in [5.41, 5.74) is 0.596. The number of thioether (sulfide) groups is 1. The Labute approximate surface area is 143 Å². The lowest BCUT2D eigenvalue weighted by Gasteiger charge is -2.17. The predicted molar refractivity (Wildman–Crippen MR) is 87.7 cm³/mol. The van der Waals surface area contributed by atoms with Crippen LogP contribution in [0.5, 0.6) is 11.5 Å². The van der Waals surface area contributed by atoms with Gasteiger partial charge in [0.25, 0.3) is 5.22 Å². The average Bonchev–Trinajstić information content (AvgIpc) is 3.29. The summed E-state index contributed by atoms with van der Waals surface area (Å²) < 4.78 is 16.3. The van der Waals surface area contributed by atoms with Gasteiger partial charge in [-0.3, -0.25) is 4.79 Å². The summed E-state index contributed by atoms with van der Waals surface area (Å²) in [4.78, 5) is 12.3. The Bertz CT molecular complexity index is 740. The summed E-state index contributed by atoms with van der Waals surface area (Å²) in [5.74, 6) is 2.64. The Kier molecular flexibility index (Phi) is 4.42. The number of rotatable bonds is 5. The van der Waals surface area contributed by atoms with Crippen LogP contribution in [0.1, 0.15) is 54.3 Å². The number of carbonyl (C=O) groups excluding carboxylic acids is 1. The van der Waals surface area contributed by atoms with E-state index in [1.54, 1.807) is 18.2 Å². The number of ether oxygens (including phenoxy) is 2. The number of carbonyl (C=O) groups is 1. The molecule has 0 radical (unpaired) electrons. The molecular weight excluding hydrogens is 328 g/mol. The Hall–Kier alpha value is -2.02. The number of benzene rings is 1. The van der Waals surface area contributed by atoms with Crippen molar-refractivity contribution in [3.05, 3.63) is 29.7 Å². The van der Waals surface area contributed by atoms with Crippen LogP contribution in [-0.2, 0) is 0 Å². The molecule has 1 aromatic carbocycles. The monoisotopic (exact) mass is 346 g/mol. The molecule has 0 amide bonds. The molecule has 0 unspecified atom stereocenters. The first-order chi connectivity index (χ1) is 11.8. The third kappa shape index (κ3) is 3.26. The highest BCUT2D eigenvalue weighted by atomic mass is 32.2. The van der Waals surface area contributed by atoms with Crippen molar-refractivity contribution in [2.75, 3.05) is 12.5 Å². The molecule has 1 aliphatic carbocycles. The van der Waals surface area contributed by atoms with E-state index in [1.807, 2.05) is 0 Å². The third-order valence-corrected chi connectivity index (χ3v) is 5.22. The minimum Gasteiger partial charge on any atom is -0.454 e. The molecule has 2 aromatic rings. The van der Waals surface area contributed by atoms with Crippen LogP contribution in [0, 0.1) is 0 Å². The number of hydrogen-bond donors (Lipinski definition) is 0. The van der Waals surface area contributed by atoms with Crippen molar-refractivity contribution in [2.24, 2.45) is 0 Å². The second kappa shape index (κ2) is 6.84. The molecule has 0 saturated heterocycles. The van der Waals surface area contributed by atoms with Gasteiger partial charge < -0.3 is 13.9 Å². The summed E-state index contributed by atoms with van der Waals surface area (Å²) in [6, 6.07) is 5.22. The molecule has 2 aliphatic rings. The highest BCUT2D eigenvalue weighted by molar-refractivity contribution is 7.99. The maximum absolute atomic E-state index is 12.3. The van der Waals surface area contributed by atoms with E-state index in [1.165, 1.54) is 31.0 Å². The minimum absolute atomic E-state index is 0.00397. The van der Waals surface area contributed by atoms with Crippen molar-refractivity contribution in [3.8, 4) is 11.5 Å². The second-order valence-corrected chi connectivity index (χ2v) is 6.95. The van der Waals surface area contributed by atoms with Crippen LogP contribution in [-0.4, -0.2) is 28.5 Å². The molecule has 0 N–H and O–H groups in total. The molecule has 126 valence electrons. The number of Topliss-reactive ketones (excluding diaryl/α,β-unsaturated/α-hetero) is 1. The van der Waals surface area contributed by atoms with Crippen molar-refractivity contribution in [2.45, 2.75) is 43.2 Å². The van der Waals surface area contributed by atoms with Crippen LogP contribution in [0.15, 0.2) is 27.8 Å². The number of hydrogen-bond acceptors (Lipinski definition) is 7. The molecular formula is C17H18N2O4S. The standard InChI is InChI=1S/C17H18N2O4S/c20-13(12-6-7-14-15(8-12)22-10-21-14)9-24-17-19-18-16(23-17)11-4-2-1-3-5-11/h6-8,11H,1-5,9-10H2. The smallest absolute Gasteiger partial charge is 0.277 e. The van der Waals surface area contributed by atoms with E-state index in [0.717, 1.165) is 12.8 Å². The van der Waals surface area contributed by atoms with Crippen molar-refractivity contribution in [1.29, 1.82) is 0 Å². The van der Waals surface area contributed by atoms with E-state index >= 15 is 0 Å². The van der Waals surface area contributed by atoms with E-state index in [2.05, 4.69) is 10.2 Å². The van der Waals surface area contributed by atoms with Gasteiger partial charge in [-0.2, -0.15) is 0 Å². The second-order valence-electron chi connectivity index (χ2n) is 6.02. The zero-order chi connectivity index (χ0) is 16.4. The molecule has 1 aliphatic heterocycles. The van der Waals surface area contributed by atoms with Gasteiger partial charge in [0.2, 0.25) is 12.7 Å². The SMILES string of the molecule is O=C(CSc1nnc(C2CCCCC2)o1)c1ccc2c(c1)OCO2. The third-order valence-electron chi connectivity index (χ3n) is 4.40. The van der Waals surface area contributed by atoms with Gasteiger partial charge in [0.15, 0.2) is 17.3 Å². The molecule has 0 atom stereocenters. The largest absolute Gasteiger partial charge is 0.454 e. The molecule has 24 heavy (non-hydrogen) atoms. The van der Waals surface area contributed by atoms with Crippen LogP contribution in [0.3, 0.4) is 0 Å². The van der Waals surface area contributed by atoms with Gasteiger partial charge in [-0.05, 0) is 31.0 Å². The average molecular weight is 346 g/mol. The van der Waals surface area contributed by atoms with Gasteiger partial charge in [0.1, 0.15) is 0 Å². The maximum atomic E-state index is 12.3. The highest BCUT2D eigenvalue weighted by Crippen LogP contribution is 2.34. The lowest BCUT2D eigenvalue weighted by Crippen LogP contribution is -2.04. The van der Waals surface area contributed by atoms with Crippen molar-refractivity contribution < 1.29 is 18.7 Å². The summed E-state index contributed by atoms with van der Waals surface area (Å²) in [5, 5.41) is 8.68. The van der Waals surface area contributed by atoms with Gasteiger partial charge in [-0.25, -0.2) is 0 Å². The van der Waals surface area contributed by atoms with Gasteiger partial charge in [-0.1, -0.05) is 31.0 Å². The van der Waals surface area contributed by atoms with Gasteiger partial charge in [0.05, 0.1) is 5.75 Å². The minimum atomic E-state index is -0.00397. The maximum Gasteiger partial charge on any atom is 0.277 e. The fourth-order valence-electron chi connectivity index (χ4n) is 3.07. The van der Waals surface area contributed by atoms with Crippen LogP contribution >= 0.6 is 11.8 Å². The normalized spacial score (nSPS) is 17.2. The van der Waals surface area contributed by atoms with Crippen LogP contribution in [0.2, 0.25) is 0 Å². The Balaban J connectivity index is 1.36. The summed E-state index contributed by atoms with van der Waals surface area (Å²) in [6.45, 7) is 0.202. The van der Waals surface area contributed by atoms with Gasteiger partial charge in [-0.15, -0.1) is 10.2 Å². The van der Waals surface area contributed by atoms with Crippen molar-refractivity contribution in [1.82, 2.24) is 10.2 Å². The lowest BCUT2D eigenvalue weighted by atomic mass is 9.89. The van der Waals surface area contributed by atoms with E-state index in [-0.39, 0.29) is 18.3 Å². The molecule has 1 aromatic heterocycles. The Morgan fingerprint density at radius 2 is 1.96 bits per heavy atom. The predicted octanol–water partition coefficient (Wildman–Crippen LogP) is 3.82. The number of aromatic nitrogens is 2. The first-order valence-corrected chi connectivity index (χ1v) is 9.17. The van der Waals surface area contributed by atoms with Crippen molar-refractivity contribution >= 4 is 17.5 Å².